The molecular formula is C20H32O7. The lowest BCUT2D eigenvalue weighted by Gasteiger charge is -2.59. The largest absolute Gasteiger partial charge is 0.435 e. The number of carbonyl (C=O) groups is 1. The van der Waals surface area contributed by atoms with E-state index in [4.69, 9.17) is 28.7 Å². The Bertz CT molecular complexity index is 569. The second-order valence-electron chi connectivity index (χ2n) is 8.86. The summed E-state index contributed by atoms with van der Waals surface area (Å²) in [5, 5.41) is 0. The molecule has 0 aromatic carbocycles. The van der Waals surface area contributed by atoms with Crippen molar-refractivity contribution in [3.05, 3.63) is 0 Å². The number of rotatable bonds is 5. The second-order valence-corrected chi connectivity index (χ2v) is 8.86. The molecule has 4 aliphatic heterocycles. The van der Waals surface area contributed by atoms with E-state index in [1.807, 2.05) is 6.92 Å². The standard InChI is InChI=1S/C20H32O7/c1-12-7-8-15-13(2)17(23-16(21)6-5-11-22-4)24-18-20(15)14(12)9-10-19(3,25-18)26-27-20/h12-15,17-18H,5-11H2,1-4H3/t12-,13-,14+,15+,17+,18-,19+,20-/m1/s1. The number of methoxy groups -OCH3 is 1. The van der Waals surface area contributed by atoms with Gasteiger partial charge in [0.05, 0.1) is 0 Å². The summed E-state index contributed by atoms with van der Waals surface area (Å²) in [6, 6.07) is 0. The summed E-state index contributed by atoms with van der Waals surface area (Å²) in [4.78, 5) is 24.1. The maximum absolute atomic E-state index is 12.3. The number of fused-ring (bicyclic) bond motifs is 2. The Morgan fingerprint density at radius 2 is 1.96 bits per heavy atom. The molecule has 5 aliphatic rings. The zero-order valence-electron chi connectivity index (χ0n) is 16.8. The van der Waals surface area contributed by atoms with E-state index in [-0.39, 0.29) is 17.8 Å². The molecule has 8 atom stereocenters. The third-order valence-corrected chi connectivity index (χ3v) is 7.07. The first-order valence-electron chi connectivity index (χ1n) is 10.3. The maximum Gasteiger partial charge on any atom is 0.308 e. The van der Waals surface area contributed by atoms with Crippen LogP contribution in [0.15, 0.2) is 0 Å². The van der Waals surface area contributed by atoms with E-state index in [0.717, 1.165) is 25.7 Å². The first kappa shape index (κ1) is 19.6. The highest BCUT2D eigenvalue weighted by Crippen LogP contribution is 2.60. The molecule has 1 aliphatic carbocycles. The quantitative estimate of drug-likeness (QED) is 0.409. The van der Waals surface area contributed by atoms with Crippen LogP contribution in [0.2, 0.25) is 0 Å². The molecule has 1 saturated carbocycles. The van der Waals surface area contributed by atoms with Gasteiger partial charge in [-0.1, -0.05) is 13.8 Å². The molecule has 7 heteroatoms. The van der Waals surface area contributed by atoms with Gasteiger partial charge in [-0.25, -0.2) is 9.78 Å². The Morgan fingerprint density at radius 1 is 1.15 bits per heavy atom. The van der Waals surface area contributed by atoms with Crippen LogP contribution in [0.25, 0.3) is 0 Å². The number of esters is 1. The monoisotopic (exact) mass is 384 g/mol. The van der Waals surface area contributed by atoms with Gasteiger partial charge in [-0.2, -0.15) is 0 Å². The molecule has 4 saturated heterocycles. The Kier molecular flexibility index (Phi) is 5.27. The van der Waals surface area contributed by atoms with E-state index < -0.39 is 24.0 Å². The van der Waals surface area contributed by atoms with E-state index in [2.05, 4.69) is 13.8 Å². The van der Waals surface area contributed by atoms with Gasteiger partial charge in [0, 0.05) is 38.4 Å². The van der Waals surface area contributed by atoms with E-state index in [0.29, 0.717) is 31.3 Å². The summed E-state index contributed by atoms with van der Waals surface area (Å²) in [6.45, 7) is 6.79. The first-order valence-corrected chi connectivity index (χ1v) is 10.3. The van der Waals surface area contributed by atoms with Crippen molar-refractivity contribution in [3.8, 4) is 0 Å². The Labute approximate surface area is 160 Å². The van der Waals surface area contributed by atoms with Crippen LogP contribution >= 0.6 is 0 Å². The van der Waals surface area contributed by atoms with Crippen LogP contribution in [-0.2, 0) is 33.5 Å². The summed E-state index contributed by atoms with van der Waals surface area (Å²) in [6.07, 6.45) is 3.62. The highest BCUT2D eigenvalue weighted by Gasteiger charge is 2.69. The van der Waals surface area contributed by atoms with Crippen molar-refractivity contribution in [1.82, 2.24) is 0 Å². The molecule has 0 N–H and O–H groups in total. The highest BCUT2D eigenvalue weighted by molar-refractivity contribution is 5.69. The summed E-state index contributed by atoms with van der Waals surface area (Å²) in [5.41, 5.74) is -0.619. The fourth-order valence-corrected chi connectivity index (χ4v) is 5.56. The SMILES string of the molecule is COCCCC(=O)O[C@H]1O[C@@H]2O[C@]3(C)CC[C@H]4[C@H](C)CC[C@@H]([C@H]1C)[C@@]24OO3. The summed E-state index contributed by atoms with van der Waals surface area (Å²) < 4.78 is 23.2. The molecule has 0 radical (unpaired) electrons. The van der Waals surface area contributed by atoms with E-state index in [1.165, 1.54) is 0 Å². The van der Waals surface area contributed by atoms with Crippen molar-refractivity contribution in [2.45, 2.75) is 83.3 Å². The predicted molar refractivity (Wildman–Crippen MR) is 94.0 cm³/mol. The lowest BCUT2D eigenvalue weighted by atomic mass is 9.58. The van der Waals surface area contributed by atoms with Crippen molar-refractivity contribution < 1.29 is 33.5 Å². The van der Waals surface area contributed by atoms with Gasteiger partial charge in [0.15, 0.2) is 11.9 Å². The van der Waals surface area contributed by atoms with Gasteiger partial charge in [0.2, 0.25) is 12.1 Å². The minimum Gasteiger partial charge on any atom is -0.435 e. The molecule has 5 fully saturated rings. The summed E-state index contributed by atoms with van der Waals surface area (Å²) >= 11 is 0. The molecule has 5 rings (SSSR count). The van der Waals surface area contributed by atoms with Crippen molar-refractivity contribution in [2.75, 3.05) is 13.7 Å². The van der Waals surface area contributed by atoms with Gasteiger partial charge in [-0.15, -0.1) is 0 Å². The van der Waals surface area contributed by atoms with Gasteiger partial charge < -0.3 is 18.9 Å². The van der Waals surface area contributed by atoms with Crippen molar-refractivity contribution >= 4 is 5.97 Å². The van der Waals surface area contributed by atoms with E-state index >= 15 is 0 Å². The van der Waals surface area contributed by atoms with Gasteiger partial charge in [0.1, 0.15) is 0 Å². The van der Waals surface area contributed by atoms with Crippen LogP contribution in [0.5, 0.6) is 0 Å². The smallest absolute Gasteiger partial charge is 0.308 e. The molecular weight excluding hydrogens is 352 g/mol. The van der Waals surface area contributed by atoms with Gasteiger partial charge in [-0.05, 0) is 44.4 Å². The topological polar surface area (TPSA) is 72.5 Å². The average Bonchev–Trinajstić information content (AvgIpc) is 2.86. The number of ether oxygens (including phenoxy) is 4. The fourth-order valence-electron chi connectivity index (χ4n) is 5.56. The molecule has 0 aromatic rings. The zero-order chi connectivity index (χ0) is 19.2. The average molecular weight is 384 g/mol. The Morgan fingerprint density at radius 3 is 2.74 bits per heavy atom. The summed E-state index contributed by atoms with van der Waals surface area (Å²) in [5.74, 6) is -0.0749. The molecule has 7 nitrogen and oxygen atoms in total. The third-order valence-electron chi connectivity index (χ3n) is 7.07. The molecule has 0 amide bonds. The van der Waals surface area contributed by atoms with E-state index in [9.17, 15) is 4.79 Å². The number of hydrogen-bond donors (Lipinski definition) is 0. The lowest BCUT2D eigenvalue weighted by molar-refractivity contribution is -0.576. The van der Waals surface area contributed by atoms with Crippen LogP contribution in [-0.4, -0.2) is 43.7 Å². The predicted octanol–water partition coefficient (Wildman–Crippen LogP) is 3.16. The molecule has 27 heavy (non-hydrogen) atoms. The van der Waals surface area contributed by atoms with Crippen molar-refractivity contribution in [1.29, 1.82) is 0 Å². The molecule has 0 unspecified atom stereocenters. The minimum atomic E-state index is -0.814. The normalized spacial score (nSPS) is 48.6. The number of hydrogen-bond acceptors (Lipinski definition) is 7. The van der Waals surface area contributed by atoms with Gasteiger partial charge >= 0.3 is 5.97 Å². The maximum atomic E-state index is 12.3. The van der Waals surface area contributed by atoms with Gasteiger partial charge in [-0.3, -0.25) is 4.79 Å². The fraction of sp³-hybridized carbons (Fsp3) is 0.950. The highest BCUT2D eigenvalue weighted by atomic mass is 17.3. The minimum absolute atomic E-state index is 0.0114. The Hall–Kier alpha value is -0.730. The molecule has 1 spiro atoms. The lowest BCUT2D eigenvalue weighted by Crippen LogP contribution is -2.70. The van der Waals surface area contributed by atoms with Crippen LogP contribution in [0.3, 0.4) is 0 Å². The molecule has 2 bridgehead atoms. The van der Waals surface area contributed by atoms with Crippen molar-refractivity contribution in [2.24, 2.45) is 23.7 Å². The van der Waals surface area contributed by atoms with Gasteiger partial charge in [0.25, 0.3) is 0 Å². The summed E-state index contributed by atoms with van der Waals surface area (Å²) in [7, 11) is 1.62. The van der Waals surface area contributed by atoms with E-state index in [1.54, 1.807) is 7.11 Å². The molecule has 154 valence electrons. The second kappa shape index (κ2) is 7.26. The van der Waals surface area contributed by atoms with Crippen molar-refractivity contribution in [3.63, 3.8) is 0 Å². The third kappa shape index (κ3) is 3.21. The Balaban J connectivity index is 1.56. The first-order chi connectivity index (χ1) is 12.9. The molecule has 4 heterocycles. The zero-order valence-corrected chi connectivity index (χ0v) is 16.8. The van der Waals surface area contributed by atoms with Crippen LogP contribution in [0, 0.1) is 23.7 Å². The molecule has 0 aromatic heterocycles. The van der Waals surface area contributed by atoms with Crippen LogP contribution in [0.4, 0.5) is 0 Å². The van der Waals surface area contributed by atoms with Crippen LogP contribution in [0.1, 0.15) is 59.3 Å². The van der Waals surface area contributed by atoms with Crippen LogP contribution < -0.4 is 0 Å². The number of carbonyl (C=O) groups excluding carboxylic acids is 1.